The molecule has 3 amide bonds. The predicted octanol–water partition coefficient (Wildman–Crippen LogP) is 4.40. The number of esters is 1. The summed E-state index contributed by atoms with van der Waals surface area (Å²) in [5.74, 6) is -0.516. The lowest BCUT2D eigenvalue weighted by molar-refractivity contribution is -0.155. The summed E-state index contributed by atoms with van der Waals surface area (Å²) in [7, 11) is 0. The number of hydrogen-bond donors (Lipinski definition) is 0. The molecule has 0 radical (unpaired) electrons. The molecule has 2 heterocycles. The van der Waals surface area contributed by atoms with E-state index in [4.69, 9.17) is 9.47 Å². The Kier molecular flexibility index (Phi) is 6.95. The van der Waals surface area contributed by atoms with Crippen molar-refractivity contribution in [1.82, 2.24) is 9.80 Å². The molecule has 0 bridgehead atoms. The zero-order valence-electron chi connectivity index (χ0n) is 22.2. The Hall–Kier alpha value is -4.46. The smallest absolute Gasteiger partial charge is 0.326 e. The highest BCUT2D eigenvalue weighted by molar-refractivity contribution is 6.21. The Morgan fingerprint density at radius 3 is 2.10 bits per heavy atom. The first-order valence-corrected chi connectivity index (χ1v) is 12.9. The Balaban J connectivity index is 1.16. The second kappa shape index (κ2) is 10.4. The number of hydrogen-bond acceptors (Lipinski definition) is 6. The lowest BCUT2D eigenvalue weighted by Gasteiger charge is -2.29. The number of carbonyl (C=O) groups excluding carboxylic acids is 4. The maximum absolute atomic E-state index is 12.9. The van der Waals surface area contributed by atoms with Crippen LogP contribution in [0.1, 0.15) is 68.5 Å². The van der Waals surface area contributed by atoms with Crippen molar-refractivity contribution in [2.24, 2.45) is 0 Å². The Labute approximate surface area is 227 Å². The molecule has 5 rings (SSSR count). The summed E-state index contributed by atoms with van der Waals surface area (Å²) in [5, 5.41) is 0. The van der Waals surface area contributed by atoms with Crippen LogP contribution >= 0.6 is 0 Å². The molecule has 0 aromatic heterocycles. The first-order chi connectivity index (χ1) is 18.6. The monoisotopic (exact) mass is 526 g/mol. The summed E-state index contributed by atoms with van der Waals surface area (Å²) in [6.07, 6.45) is 0.619. The molecule has 2 aliphatic heterocycles. The van der Waals surface area contributed by atoms with Crippen LogP contribution in [0, 0.1) is 0 Å². The van der Waals surface area contributed by atoms with Gasteiger partial charge in [-0.1, -0.05) is 36.4 Å². The third kappa shape index (κ3) is 5.70. The molecule has 0 fully saturated rings. The van der Waals surface area contributed by atoms with E-state index in [0.717, 1.165) is 16.7 Å². The standard InChI is InChI=1S/C31H30N2O6/c1-31(2,3)39-27(34)18-32-15-14-22-16-23(12-13-24(22)28(32)35)38-19-21-10-8-20(9-11-21)17-33-29(36)25-6-4-5-7-26(25)30(33)37/h4-13,16H,14-15,17-19H2,1-3H3. The number of rotatable bonds is 7. The van der Waals surface area contributed by atoms with Gasteiger partial charge < -0.3 is 14.4 Å². The third-order valence-corrected chi connectivity index (χ3v) is 6.63. The van der Waals surface area contributed by atoms with E-state index in [0.29, 0.717) is 42.0 Å². The van der Waals surface area contributed by atoms with E-state index in [1.807, 2.05) is 30.3 Å². The molecule has 0 unspecified atom stereocenters. The fourth-order valence-electron chi connectivity index (χ4n) is 4.76. The zero-order chi connectivity index (χ0) is 27.7. The largest absolute Gasteiger partial charge is 0.489 e. The van der Waals surface area contributed by atoms with Crippen LogP contribution in [0.25, 0.3) is 0 Å². The minimum absolute atomic E-state index is 0.0726. The van der Waals surface area contributed by atoms with Gasteiger partial charge in [-0.25, -0.2) is 0 Å². The van der Waals surface area contributed by atoms with Crippen LogP contribution in [-0.2, 0) is 29.1 Å². The fraction of sp³-hybridized carbons (Fsp3) is 0.290. The second-order valence-corrected chi connectivity index (χ2v) is 10.7. The van der Waals surface area contributed by atoms with Gasteiger partial charge in [0.25, 0.3) is 17.7 Å². The molecule has 0 N–H and O–H groups in total. The molecule has 0 aliphatic carbocycles. The molecule has 39 heavy (non-hydrogen) atoms. The number of amides is 3. The maximum Gasteiger partial charge on any atom is 0.326 e. The highest BCUT2D eigenvalue weighted by atomic mass is 16.6. The maximum atomic E-state index is 12.9. The van der Waals surface area contributed by atoms with Crippen molar-refractivity contribution in [3.63, 3.8) is 0 Å². The summed E-state index contributed by atoms with van der Waals surface area (Å²) in [6.45, 7) is 6.28. The average Bonchev–Trinajstić information content (AvgIpc) is 3.14. The molecule has 2 aliphatic rings. The predicted molar refractivity (Wildman–Crippen MR) is 143 cm³/mol. The number of imide groups is 1. The van der Waals surface area contributed by atoms with Crippen molar-refractivity contribution in [3.05, 3.63) is 100 Å². The summed E-state index contributed by atoms with van der Waals surface area (Å²) in [5.41, 5.74) is 3.50. The van der Waals surface area contributed by atoms with E-state index in [1.165, 1.54) is 9.80 Å². The molecule has 0 saturated carbocycles. The number of fused-ring (bicyclic) bond motifs is 2. The molecule has 8 heteroatoms. The second-order valence-electron chi connectivity index (χ2n) is 10.7. The SMILES string of the molecule is CC(C)(C)OC(=O)CN1CCc2cc(OCc3ccc(CN4C(=O)c5ccccc5C4=O)cc3)ccc2C1=O. The van der Waals surface area contributed by atoms with Gasteiger partial charge in [-0.05, 0) is 74.2 Å². The molecule has 0 spiro atoms. The molecule has 200 valence electrons. The van der Waals surface area contributed by atoms with Crippen molar-refractivity contribution >= 4 is 23.7 Å². The van der Waals surface area contributed by atoms with Gasteiger partial charge in [-0.2, -0.15) is 0 Å². The van der Waals surface area contributed by atoms with Gasteiger partial charge in [-0.15, -0.1) is 0 Å². The van der Waals surface area contributed by atoms with E-state index >= 15 is 0 Å². The van der Waals surface area contributed by atoms with Crippen LogP contribution in [0.4, 0.5) is 0 Å². The van der Waals surface area contributed by atoms with Crippen molar-refractivity contribution in [2.75, 3.05) is 13.1 Å². The minimum atomic E-state index is -0.598. The molecular weight excluding hydrogens is 496 g/mol. The van der Waals surface area contributed by atoms with E-state index in [2.05, 4.69) is 0 Å². The fourth-order valence-corrected chi connectivity index (χ4v) is 4.76. The minimum Gasteiger partial charge on any atom is -0.489 e. The summed E-state index contributed by atoms with van der Waals surface area (Å²) >= 11 is 0. The first kappa shape index (κ1) is 26.2. The van der Waals surface area contributed by atoms with Gasteiger partial charge in [0.1, 0.15) is 24.5 Å². The van der Waals surface area contributed by atoms with Crippen molar-refractivity contribution in [3.8, 4) is 5.75 Å². The summed E-state index contributed by atoms with van der Waals surface area (Å²) in [4.78, 5) is 53.1. The average molecular weight is 527 g/mol. The molecule has 0 saturated heterocycles. The quantitative estimate of drug-likeness (QED) is 0.335. The van der Waals surface area contributed by atoms with E-state index in [1.54, 1.807) is 57.2 Å². The molecule has 3 aromatic rings. The summed E-state index contributed by atoms with van der Waals surface area (Å²) < 4.78 is 11.3. The highest BCUT2D eigenvalue weighted by Gasteiger charge is 2.35. The van der Waals surface area contributed by atoms with Crippen LogP contribution in [0.3, 0.4) is 0 Å². The van der Waals surface area contributed by atoms with Gasteiger partial charge >= 0.3 is 5.97 Å². The molecule has 8 nitrogen and oxygen atoms in total. The van der Waals surface area contributed by atoms with Crippen molar-refractivity contribution in [2.45, 2.75) is 45.9 Å². The van der Waals surface area contributed by atoms with Crippen LogP contribution in [0.2, 0.25) is 0 Å². The van der Waals surface area contributed by atoms with Gasteiger partial charge in [-0.3, -0.25) is 24.1 Å². The van der Waals surface area contributed by atoms with E-state index in [-0.39, 0.29) is 30.8 Å². The summed E-state index contributed by atoms with van der Waals surface area (Å²) in [6, 6.07) is 19.8. The van der Waals surface area contributed by atoms with Gasteiger partial charge in [0, 0.05) is 12.1 Å². The normalized spacial score (nSPS) is 14.8. The van der Waals surface area contributed by atoms with E-state index < -0.39 is 11.6 Å². The number of benzene rings is 3. The first-order valence-electron chi connectivity index (χ1n) is 12.9. The zero-order valence-corrected chi connectivity index (χ0v) is 22.2. The Morgan fingerprint density at radius 2 is 1.46 bits per heavy atom. The topological polar surface area (TPSA) is 93.2 Å². The van der Waals surface area contributed by atoms with Crippen LogP contribution in [0.5, 0.6) is 5.75 Å². The van der Waals surface area contributed by atoms with Crippen molar-refractivity contribution < 1.29 is 28.7 Å². The highest BCUT2D eigenvalue weighted by Crippen LogP contribution is 2.26. The molecule has 0 atom stereocenters. The van der Waals surface area contributed by atoms with E-state index in [9.17, 15) is 19.2 Å². The van der Waals surface area contributed by atoms with Gasteiger partial charge in [0.15, 0.2) is 0 Å². The number of ether oxygens (including phenoxy) is 2. The van der Waals surface area contributed by atoms with Crippen molar-refractivity contribution in [1.29, 1.82) is 0 Å². The van der Waals surface area contributed by atoms with Crippen LogP contribution in [0.15, 0.2) is 66.7 Å². The number of carbonyl (C=O) groups is 4. The molecular formula is C31H30N2O6. The van der Waals surface area contributed by atoms with Crippen LogP contribution in [-0.4, -0.2) is 52.2 Å². The molecule has 3 aromatic carbocycles. The third-order valence-electron chi connectivity index (χ3n) is 6.63. The Morgan fingerprint density at radius 1 is 0.821 bits per heavy atom. The van der Waals surface area contributed by atoms with Gasteiger partial charge in [0.05, 0.1) is 17.7 Å². The van der Waals surface area contributed by atoms with Crippen LogP contribution < -0.4 is 4.74 Å². The lowest BCUT2D eigenvalue weighted by atomic mass is 9.98. The van der Waals surface area contributed by atoms with Gasteiger partial charge in [0.2, 0.25) is 0 Å². The Bertz CT molecular complexity index is 1420. The number of nitrogens with zero attached hydrogens (tertiary/aromatic N) is 2. The lowest BCUT2D eigenvalue weighted by Crippen LogP contribution is -2.42.